The highest BCUT2D eigenvalue weighted by Crippen LogP contribution is 2.27. The van der Waals surface area contributed by atoms with Crippen LogP contribution in [0.2, 0.25) is 0 Å². The largest absolute Gasteiger partial charge is 0.373 e. The molecule has 1 aliphatic rings. The molecule has 2 aromatic rings. The Labute approximate surface area is 99.1 Å². The van der Waals surface area contributed by atoms with E-state index in [0.717, 1.165) is 11.3 Å². The Morgan fingerprint density at radius 1 is 1.41 bits per heavy atom. The van der Waals surface area contributed by atoms with E-state index in [0.29, 0.717) is 18.8 Å². The predicted octanol–water partition coefficient (Wildman–Crippen LogP) is 1.87. The van der Waals surface area contributed by atoms with Gasteiger partial charge in [0, 0.05) is 0 Å². The van der Waals surface area contributed by atoms with Crippen molar-refractivity contribution in [2.75, 3.05) is 6.61 Å². The third kappa shape index (κ3) is 1.61. The summed E-state index contributed by atoms with van der Waals surface area (Å²) in [7, 11) is 0. The number of ether oxygens (including phenoxy) is 1. The lowest BCUT2D eigenvalue weighted by Crippen LogP contribution is -2.24. The topological polar surface area (TPSA) is 50.8 Å². The van der Waals surface area contributed by atoms with Gasteiger partial charge in [0.15, 0.2) is 0 Å². The number of imidazole rings is 1. The maximum Gasteiger partial charge on any atom is 0.0995 e. The molecule has 0 aliphatic carbocycles. The minimum atomic E-state index is 0.0529. The molecule has 0 radical (unpaired) electrons. The smallest absolute Gasteiger partial charge is 0.0995 e. The van der Waals surface area contributed by atoms with Crippen LogP contribution in [-0.2, 0) is 11.3 Å². The first-order valence-corrected chi connectivity index (χ1v) is 5.47. The lowest BCUT2D eigenvalue weighted by Gasteiger charge is -2.26. The van der Waals surface area contributed by atoms with Gasteiger partial charge in [0.05, 0.1) is 49.1 Å². The number of nitrogens with zero attached hydrogens (tertiary/aromatic N) is 3. The summed E-state index contributed by atoms with van der Waals surface area (Å²) in [4.78, 5) is 4.14. The van der Waals surface area contributed by atoms with E-state index < -0.39 is 0 Å². The highest BCUT2D eigenvalue weighted by atomic mass is 16.5. The molecule has 0 N–H and O–H groups in total. The fourth-order valence-electron chi connectivity index (χ4n) is 2.21. The molecule has 0 spiro atoms. The first-order chi connectivity index (χ1) is 8.40. The molecule has 0 bridgehead atoms. The lowest BCUT2D eigenvalue weighted by molar-refractivity contribution is 0.0695. The predicted molar refractivity (Wildman–Crippen MR) is 61.2 cm³/mol. The highest BCUT2D eigenvalue weighted by molar-refractivity contribution is 5.40. The van der Waals surface area contributed by atoms with Gasteiger partial charge in [0.1, 0.15) is 0 Å². The number of nitriles is 1. The summed E-state index contributed by atoms with van der Waals surface area (Å²) in [6.07, 6.45) is 3.61. The van der Waals surface area contributed by atoms with E-state index in [1.54, 1.807) is 12.5 Å². The van der Waals surface area contributed by atoms with Gasteiger partial charge in [-0.3, -0.25) is 0 Å². The van der Waals surface area contributed by atoms with Crippen molar-refractivity contribution >= 4 is 0 Å². The lowest BCUT2D eigenvalue weighted by atomic mass is 10.0. The van der Waals surface area contributed by atoms with Crippen molar-refractivity contribution in [1.82, 2.24) is 9.55 Å². The van der Waals surface area contributed by atoms with Crippen molar-refractivity contribution in [1.29, 1.82) is 5.26 Å². The zero-order valence-electron chi connectivity index (χ0n) is 9.21. The van der Waals surface area contributed by atoms with E-state index in [1.807, 2.05) is 24.3 Å². The molecule has 0 saturated carbocycles. The molecule has 1 aliphatic heterocycles. The Morgan fingerprint density at radius 3 is 3.18 bits per heavy atom. The van der Waals surface area contributed by atoms with Crippen molar-refractivity contribution in [3.05, 3.63) is 53.6 Å². The molecular weight excluding hydrogens is 214 g/mol. The van der Waals surface area contributed by atoms with E-state index in [-0.39, 0.29) is 6.04 Å². The van der Waals surface area contributed by atoms with Crippen molar-refractivity contribution in [3.63, 3.8) is 0 Å². The van der Waals surface area contributed by atoms with Crippen LogP contribution in [0, 0.1) is 11.3 Å². The Balaban J connectivity index is 2.10. The Kier molecular flexibility index (Phi) is 2.39. The average Bonchev–Trinajstić information content (AvgIpc) is 2.86. The maximum absolute atomic E-state index is 9.13. The number of hydrogen-bond acceptors (Lipinski definition) is 3. The minimum Gasteiger partial charge on any atom is -0.373 e. The third-order valence-electron chi connectivity index (χ3n) is 3.05. The fraction of sp³-hybridized carbons (Fsp3) is 0.231. The zero-order chi connectivity index (χ0) is 11.7. The molecule has 84 valence electrons. The minimum absolute atomic E-state index is 0.0529. The zero-order valence-corrected chi connectivity index (χ0v) is 9.21. The average molecular weight is 225 g/mol. The van der Waals surface area contributed by atoms with E-state index in [2.05, 4.69) is 15.6 Å². The molecule has 17 heavy (non-hydrogen) atoms. The standard InChI is InChI=1S/C13H11N3O/c14-5-10-3-1-2-4-12(10)13-8-17-7-11-6-15-9-16(11)13/h1-4,6,9,13H,7-8H2. The van der Waals surface area contributed by atoms with Gasteiger partial charge in [-0.15, -0.1) is 0 Å². The fourth-order valence-corrected chi connectivity index (χ4v) is 2.21. The first kappa shape index (κ1) is 10.1. The van der Waals surface area contributed by atoms with Gasteiger partial charge in [-0.2, -0.15) is 5.26 Å². The summed E-state index contributed by atoms with van der Waals surface area (Å²) < 4.78 is 7.63. The molecule has 1 aromatic carbocycles. The van der Waals surface area contributed by atoms with Gasteiger partial charge in [-0.05, 0) is 11.6 Å². The second-order valence-corrected chi connectivity index (χ2v) is 4.02. The van der Waals surface area contributed by atoms with Gasteiger partial charge in [-0.1, -0.05) is 18.2 Å². The molecule has 0 amide bonds. The van der Waals surface area contributed by atoms with Gasteiger partial charge in [-0.25, -0.2) is 4.98 Å². The summed E-state index contributed by atoms with van der Waals surface area (Å²) in [5, 5.41) is 9.13. The molecule has 4 heteroatoms. The van der Waals surface area contributed by atoms with Gasteiger partial charge >= 0.3 is 0 Å². The van der Waals surface area contributed by atoms with Crippen LogP contribution in [0.3, 0.4) is 0 Å². The quantitative estimate of drug-likeness (QED) is 0.744. The van der Waals surface area contributed by atoms with Crippen LogP contribution in [0.25, 0.3) is 0 Å². The van der Waals surface area contributed by atoms with Crippen LogP contribution >= 0.6 is 0 Å². The Bertz CT molecular complexity index is 582. The van der Waals surface area contributed by atoms with E-state index in [4.69, 9.17) is 10.00 Å². The van der Waals surface area contributed by atoms with Gasteiger partial charge in [0.25, 0.3) is 0 Å². The van der Waals surface area contributed by atoms with E-state index in [9.17, 15) is 0 Å². The first-order valence-electron chi connectivity index (χ1n) is 5.47. The summed E-state index contributed by atoms with van der Waals surface area (Å²) in [5.41, 5.74) is 2.74. The molecular formula is C13H11N3O. The normalized spacial score (nSPS) is 18.4. The van der Waals surface area contributed by atoms with Gasteiger partial charge in [0.2, 0.25) is 0 Å². The molecule has 0 saturated heterocycles. The maximum atomic E-state index is 9.13. The second-order valence-electron chi connectivity index (χ2n) is 4.02. The number of aromatic nitrogens is 2. The van der Waals surface area contributed by atoms with E-state index >= 15 is 0 Å². The summed E-state index contributed by atoms with van der Waals surface area (Å²) in [6, 6.07) is 9.91. The third-order valence-corrected chi connectivity index (χ3v) is 3.05. The Hall–Kier alpha value is -2.12. The van der Waals surface area contributed by atoms with E-state index in [1.165, 1.54) is 0 Å². The highest BCUT2D eigenvalue weighted by Gasteiger charge is 2.23. The summed E-state index contributed by atoms with van der Waals surface area (Å²) in [6.45, 7) is 1.17. The number of fused-ring (bicyclic) bond motifs is 1. The number of benzene rings is 1. The summed E-state index contributed by atoms with van der Waals surface area (Å²) >= 11 is 0. The van der Waals surface area contributed by atoms with Crippen LogP contribution in [0.1, 0.15) is 22.9 Å². The second kappa shape index (κ2) is 4.04. The molecule has 2 heterocycles. The van der Waals surface area contributed by atoms with Crippen molar-refractivity contribution in [2.24, 2.45) is 0 Å². The number of hydrogen-bond donors (Lipinski definition) is 0. The SMILES string of the molecule is N#Cc1ccccc1C1COCc2cncn21. The number of rotatable bonds is 1. The molecule has 4 nitrogen and oxygen atoms in total. The molecule has 1 unspecified atom stereocenters. The summed E-state index contributed by atoms with van der Waals surface area (Å²) in [5.74, 6) is 0. The van der Waals surface area contributed by atoms with Crippen molar-refractivity contribution in [3.8, 4) is 6.07 Å². The van der Waals surface area contributed by atoms with Crippen molar-refractivity contribution in [2.45, 2.75) is 12.6 Å². The molecule has 1 aromatic heterocycles. The van der Waals surface area contributed by atoms with Crippen LogP contribution < -0.4 is 0 Å². The Morgan fingerprint density at radius 2 is 2.29 bits per heavy atom. The van der Waals surface area contributed by atoms with Crippen LogP contribution in [0.5, 0.6) is 0 Å². The molecule has 3 rings (SSSR count). The monoisotopic (exact) mass is 225 g/mol. The molecule has 0 fully saturated rings. The molecule has 1 atom stereocenters. The van der Waals surface area contributed by atoms with Crippen LogP contribution in [0.4, 0.5) is 0 Å². The van der Waals surface area contributed by atoms with Gasteiger partial charge < -0.3 is 9.30 Å². The van der Waals surface area contributed by atoms with Crippen LogP contribution in [-0.4, -0.2) is 16.2 Å². The van der Waals surface area contributed by atoms with Crippen molar-refractivity contribution < 1.29 is 4.74 Å². The van der Waals surface area contributed by atoms with Crippen LogP contribution in [0.15, 0.2) is 36.8 Å².